The van der Waals surface area contributed by atoms with Crippen molar-refractivity contribution in [2.24, 2.45) is 0 Å². The van der Waals surface area contributed by atoms with Gasteiger partial charge in [-0.15, -0.1) is 0 Å². The number of ether oxygens (including phenoxy) is 1. The van der Waals surface area contributed by atoms with E-state index in [9.17, 15) is 4.79 Å². The average Bonchev–Trinajstić information content (AvgIpc) is 2.60. The van der Waals surface area contributed by atoms with E-state index < -0.39 is 0 Å². The number of hydrogen-bond donors (Lipinski definition) is 1. The molecule has 0 bridgehead atoms. The third-order valence-electron chi connectivity index (χ3n) is 3.85. The highest BCUT2D eigenvalue weighted by Crippen LogP contribution is 2.22. The summed E-state index contributed by atoms with van der Waals surface area (Å²) in [6, 6.07) is 13.6. The number of hydrogen-bond acceptors (Lipinski definition) is 3. The van der Waals surface area contributed by atoms with Crippen molar-refractivity contribution in [3.05, 3.63) is 63.6 Å². The van der Waals surface area contributed by atoms with Crippen LogP contribution in [0.1, 0.15) is 28.4 Å². The zero-order valence-electron chi connectivity index (χ0n) is 14.3. The standard InChI is InChI=1S/C19H23BrN2O2/c1-4-22(2)13-15-7-5-6-14(10-15)12-21-19(23)17-11-16(24-3)8-9-18(17)20/h5-11H,4,12-13H2,1-3H3,(H,21,23). The molecule has 0 unspecified atom stereocenters. The monoisotopic (exact) mass is 390 g/mol. The van der Waals surface area contributed by atoms with E-state index in [0.29, 0.717) is 17.9 Å². The second kappa shape index (κ2) is 8.85. The van der Waals surface area contributed by atoms with Gasteiger partial charge in [-0.2, -0.15) is 0 Å². The van der Waals surface area contributed by atoms with Crippen molar-refractivity contribution in [2.75, 3.05) is 20.7 Å². The highest BCUT2D eigenvalue weighted by Gasteiger charge is 2.11. The van der Waals surface area contributed by atoms with Crippen molar-refractivity contribution < 1.29 is 9.53 Å². The molecule has 4 nitrogen and oxygen atoms in total. The summed E-state index contributed by atoms with van der Waals surface area (Å²) in [6.07, 6.45) is 0. The highest BCUT2D eigenvalue weighted by molar-refractivity contribution is 9.10. The van der Waals surface area contributed by atoms with Gasteiger partial charge in [0.1, 0.15) is 5.75 Å². The summed E-state index contributed by atoms with van der Waals surface area (Å²) in [7, 11) is 3.68. The zero-order valence-corrected chi connectivity index (χ0v) is 15.9. The highest BCUT2D eigenvalue weighted by atomic mass is 79.9. The Morgan fingerprint density at radius 3 is 2.67 bits per heavy atom. The number of halogens is 1. The molecular formula is C19H23BrN2O2. The summed E-state index contributed by atoms with van der Waals surface area (Å²) in [4.78, 5) is 14.7. The van der Waals surface area contributed by atoms with Crippen LogP contribution in [0.3, 0.4) is 0 Å². The molecule has 0 saturated carbocycles. The van der Waals surface area contributed by atoms with Crippen LogP contribution in [0.2, 0.25) is 0 Å². The second-order valence-electron chi connectivity index (χ2n) is 5.68. The topological polar surface area (TPSA) is 41.6 Å². The van der Waals surface area contributed by atoms with Crippen molar-refractivity contribution >= 4 is 21.8 Å². The van der Waals surface area contributed by atoms with Crippen LogP contribution in [0.25, 0.3) is 0 Å². The number of methoxy groups -OCH3 is 1. The fraction of sp³-hybridized carbons (Fsp3) is 0.316. The van der Waals surface area contributed by atoms with Crippen LogP contribution in [0.15, 0.2) is 46.9 Å². The lowest BCUT2D eigenvalue weighted by Gasteiger charge is -2.14. The van der Waals surface area contributed by atoms with E-state index in [4.69, 9.17) is 4.74 Å². The average molecular weight is 391 g/mol. The number of carbonyl (C=O) groups excluding carboxylic acids is 1. The molecule has 0 aliphatic heterocycles. The molecule has 0 saturated heterocycles. The van der Waals surface area contributed by atoms with Crippen molar-refractivity contribution in [1.29, 1.82) is 0 Å². The minimum absolute atomic E-state index is 0.128. The molecular weight excluding hydrogens is 368 g/mol. The van der Waals surface area contributed by atoms with Crippen LogP contribution in [0.5, 0.6) is 5.75 Å². The summed E-state index contributed by atoms with van der Waals surface area (Å²) in [6.45, 7) is 4.53. The minimum atomic E-state index is -0.128. The SMILES string of the molecule is CCN(C)Cc1cccc(CNC(=O)c2cc(OC)ccc2Br)c1. The Morgan fingerprint density at radius 2 is 1.96 bits per heavy atom. The Bertz CT molecular complexity index is 704. The van der Waals surface area contributed by atoms with Crippen LogP contribution >= 0.6 is 15.9 Å². The fourth-order valence-electron chi connectivity index (χ4n) is 2.34. The van der Waals surface area contributed by atoms with Crippen molar-refractivity contribution in [2.45, 2.75) is 20.0 Å². The molecule has 0 radical (unpaired) electrons. The summed E-state index contributed by atoms with van der Waals surface area (Å²) in [5.41, 5.74) is 2.90. The van der Waals surface area contributed by atoms with Crippen LogP contribution in [0, 0.1) is 0 Å². The van der Waals surface area contributed by atoms with Gasteiger partial charge in [0.2, 0.25) is 0 Å². The molecule has 2 aromatic carbocycles. The largest absolute Gasteiger partial charge is 0.497 e. The van der Waals surface area contributed by atoms with E-state index >= 15 is 0 Å². The molecule has 0 heterocycles. The normalized spacial score (nSPS) is 10.7. The van der Waals surface area contributed by atoms with Gasteiger partial charge in [-0.3, -0.25) is 4.79 Å². The van der Waals surface area contributed by atoms with Gasteiger partial charge in [-0.05, 0) is 58.8 Å². The van der Waals surface area contributed by atoms with Gasteiger partial charge in [0.05, 0.1) is 12.7 Å². The fourth-order valence-corrected chi connectivity index (χ4v) is 2.77. The minimum Gasteiger partial charge on any atom is -0.497 e. The molecule has 1 amide bonds. The van der Waals surface area contributed by atoms with Crippen LogP contribution in [-0.2, 0) is 13.1 Å². The molecule has 2 rings (SSSR count). The number of amides is 1. The Morgan fingerprint density at radius 1 is 1.21 bits per heavy atom. The van der Waals surface area contributed by atoms with E-state index in [0.717, 1.165) is 23.1 Å². The number of nitrogens with one attached hydrogen (secondary N) is 1. The maximum Gasteiger partial charge on any atom is 0.252 e. The predicted octanol–water partition coefficient (Wildman–Crippen LogP) is 3.84. The van der Waals surface area contributed by atoms with Crippen molar-refractivity contribution in [1.82, 2.24) is 10.2 Å². The van der Waals surface area contributed by atoms with E-state index in [-0.39, 0.29) is 5.91 Å². The summed E-state index contributed by atoms with van der Waals surface area (Å²) >= 11 is 3.41. The summed E-state index contributed by atoms with van der Waals surface area (Å²) in [5, 5.41) is 2.96. The first-order chi connectivity index (χ1) is 11.5. The molecule has 24 heavy (non-hydrogen) atoms. The molecule has 0 aliphatic carbocycles. The van der Waals surface area contributed by atoms with Crippen LogP contribution < -0.4 is 10.1 Å². The Balaban J connectivity index is 2.03. The van der Waals surface area contributed by atoms with Gasteiger partial charge < -0.3 is 15.0 Å². The zero-order chi connectivity index (χ0) is 17.5. The van der Waals surface area contributed by atoms with Gasteiger partial charge >= 0.3 is 0 Å². The number of rotatable bonds is 7. The van der Waals surface area contributed by atoms with Gasteiger partial charge in [-0.25, -0.2) is 0 Å². The molecule has 0 atom stereocenters. The first-order valence-electron chi connectivity index (χ1n) is 7.91. The van der Waals surface area contributed by atoms with E-state index in [1.54, 1.807) is 13.2 Å². The molecule has 0 aliphatic rings. The number of carbonyl (C=O) groups is 1. The molecule has 1 N–H and O–H groups in total. The van der Waals surface area contributed by atoms with Gasteiger partial charge in [0, 0.05) is 17.6 Å². The van der Waals surface area contributed by atoms with Crippen LogP contribution in [0.4, 0.5) is 0 Å². The first kappa shape index (κ1) is 18.5. The van der Waals surface area contributed by atoms with E-state index in [1.165, 1.54) is 5.56 Å². The van der Waals surface area contributed by atoms with E-state index in [2.05, 4.69) is 52.3 Å². The molecule has 0 aromatic heterocycles. The van der Waals surface area contributed by atoms with Gasteiger partial charge in [0.15, 0.2) is 0 Å². The predicted molar refractivity (Wildman–Crippen MR) is 100 cm³/mol. The number of nitrogens with zero attached hydrogens (tertiary/aromatic N) is 1. The lowest BCUT2D eigenvalue weighted by atomic mass is 10.1. The summed E-state index contributed by atoms with van der Waals surface area (Å²) < 4.78 is 5.93. The van der Waals surface area contributed by atoms with Crippen molar-refractivity contribution in [3.63, 3.8) is 0 Å². The Kier molecular flexibility index (Phi) is 6.82. The first-order valence-corrected chi connectivity index (χ1v) is 8.71. The van der Waals surface area contributed by atoms with Gasteiger partial charge in [0.25, 0.3) is 5.91 Å². The second-order valence-corrected chi connectivity index (χ2v) is 6.53. The maximum absolute atomic E-state index is 12.4. The van der Waals surface area contributed by atoms with Gasteiger partial charge in [-0.1, -0.05) is 31.2 Å². The van der Waals surface area contributed by atoms with Crippen LogP contribution in [-0.4, -0.2) is 31.5 Å². The number of benzene rings is 2. The maximum atomic E-state index is 12.4. The smallest absolute Gasteiger partial charge is 0.252 e. The lowest BCUT2D eigenvalue weighted by Crippen LogP contribution is -2.23. The molecule has 0 spiro atoms. The molecule has 5 heteroatoms. The molecule has 2 aromatic rings. The summed E-state index contributed by atoms with van der Waals surface area (Å²) in [5.74, 6) is 0.532. The Hall–Kier alpha value is -1.85. The Labute approximate surface area is 151 Å². The quantitative estimate of drug-likeness (QED) is 0.780. The third kappa shape index (κ3) is 5.08. The third-order valence-corrected chi connectivity index (χ3v) is 4.55. The lowest BCUT2D eigenvalue weighted by molar-refractivity contribution is 0.0949. The van der Waals surface area contributed by atoms with Crippen molar-refractivity contribution in [3.8, 4) is 5.75 Å². The molecule has 128 valence electrons. The van der Waals surface area contributed by atoms with E-state index in [1.807, 2.05) is 24.3 Å². The molecule has 0 fully saturated rings.